The highest BCUT2D eigenvalue weighted by molar-refractivity contribution is 6.30. The zero-order valence-electron chi connectivity index (χ0n) is 18.1. The van der Waals surface area contributed by atoms with E-state index in [-0.39, 0.29) is 17.6 Å². The fraction of sp³-hybridized carbons (Fsp3) is 0.0385. The van der Waals surface area contributed by atoms with Crippen LogP contribution in [-0.2, 0) is 4.79 Å². The van der Waals surface area contributed by atoms with Crippen LogP contribution in [-0.4, -0.2) is 20.7 Å². The number of carbonyl (C=O) groups excluding carboxylic acids is 1. The van der Waals surface area contributed by atoms with E-state index in [9.17, 15) is 13.6 Å². The van der Waals surface area contributed by atoms with E-state index in [0.29, 0.717) is 16.5 Å². The lowest BCUT2D eigenvalue weighted by Gasteiger charge is -2.24. The first kappa shape index (κ1) is 22.5. The second kappa shape index (κ2) is 9.52. The largest absolute Gasteiger partial charge is 0.324 e. The predicted molar refractivity (Wildman–Crippen MR) is 132 cm³/mol. The minimum atomic E-state index is -0.443. The summed E-state index contributed by atoms with van der Waals surface area (Å²) >= 11 is 6.03. The highest BCUT2D eigenvalue weighted by atomic mass is 35.5. The van der Waals surface area contributed by atoms with Crippen LogP contribution in [0.3, 0.4) is 0 Å². The summed E-state index contributed by atoms with van der Waals surface area (Å²) in [6, 6.07) is 18.8. The Hall–Kier alpha value is -4.30. The van der Waals surface area contributed by atoms with Gasteiger partial charge >= 0.3 is 0 Å². The Morgan fingerprint density at radius 2 is 1.63 bits per heavy atom. The number of carbonyl (C=O) groups is 1. The number of benzene rings is 3. The molecule has 0 unspecified atom stereocenters. The number of anilines is 2. The number of aromatic nitrogens is 3. The molecule has 1 aromatic heterocycles. The summed E-state index contributed by atoms with van der Waals surface area (Å²) in [4.78, 5) is 16.9. The van der Waals surface area contributed by atoms with E-state index in [1.165, 1.54) is 30.3 Å². The van der Waals surface area contributed by atoms with Gasteiger partial charge in [0.2, 0.25) is 5.95 Å². The van der Waals surface area contributed by atoms with Crippen LogP contribution in [0.4, 0.5) is 20.7 Å². The van der Waals surface area contributed by atoms with Crippen molar-refractivity contribution in [1.29, 1.82) is 0 Å². The van der Waals surface area contributed by atoms with Crippen LogP contribution in [0.5, 0.6) is 0 Å². The molecule has 2 N–H and O–H groups in total. The Balaban J connectivity index is 1.42. The van der Waals surface area contributed by atoms with E-state index in [4.69, 9.17) is 11.6 Å². The summed E-state index contributed by atoms with van der Waals surface area (Å²) in [5.74, 6) is -0.635. The van der Waals surface area contributed by atoms with Crippen LogP contribution in [0.1, 0.15) is 22.7 Å². The smallest absolute Gasteiger partial charge is 0.250 e. The van der Waals surface area contributed by atoms with Crippen molar-refractivity contribution in [3.8, 4) is 0 Å². The maximum absolute atomic E-state index is 13.5. The number of nitrogens with zero attached hydrogens (tertiary/aromatic N) is 3. The van der Waals surface area contributed by atoms with Gasteiger partial charge in [-0.25, -0.2) is 13.5 Å². The standard InChI is InChI=1S/C26H18ClF2N5O/c27-19-8-4-17(5-9-19)22-15-23(18-6-12-21(29)13-7-18)34-26(30-22)32-25(33-34)31-24(35)14-3-16-1-10-20(28)11-2-16/h1-15,23H,(H2,30,31,32,33,35)/b14-3+/t23-/m1/s1. The molecular formula is C26H18ClF2N5O. The number of fused-ring (bicyclic) bond motifs is 1. The fourth-order valence-corrected chi connectivity index (χ4v) is 3.76. The van der Waals surface area contributed by atoms with Gasteiger partial charge in [-0.05, 0) is 65.2 Å². The molecule has 1 amide bonds. The van der Waals surface area contributed by atoms with Gasteiger partial charge in [-0.2, -0.15) is 4.98 Å². The van der Waals surface area contributed by atoms with Crippen molar-refractivity contribution in [2.75, 3.05) is 10.6 Å². The van der Waals surface area contributed by atoms with E-state index in [0.717, 1.165) is 16.8 Å². The Morgan fingerprint density at radius 3 is 2.31 bits per heavy atom. The summed E-state index contributed by atoms with van der Waals surface area (Å²) in [7, 11) is 0. The van der Waals surface area contributed by atoms with Crippen LogP contribution in [0, 0.1) is 11.6 Å². The van der Waals surface area contributed by atoms with Gasteiger partial charge in [0, 0.05) is 16.8 Å². The van der Waals surface area contributed by atoms with Crippen molar-refractivity contribution in [2.24, 2.45) is 0 Å². The molecule has 1 aliphatic rings. The predicted octanol–water partition coefficient (Wildman–Crippen LogP) is 5.92. The zero-order chi connectivity index (χ0) is 24.4. The minimum Gasteiger partial charge on any atom is -0.324 e. The molecule has 35 heavy (non-hydrogen) atoms. The van der Waals surface area contributed by atoms with Gasteiger partial charge in [0.25, 0.3) is 11.9 Å². The van der Waals surface area contributed by atoms with Crippen molar-refractivity contribution in [3.63, 3.8) is 0 Å². The second-order valence-corrected chi connectivity index (χ2v) is 8.22. The SMILES string of the molecule is O=C(/C=C/c1ccc(F)cc1)Nc1nc2n(n1)[C@@H](c1ccc(F)cc1)C=C(c1ccc(Cl)cc1)N2. The molecule has 0 bridgehead atoms. The first-order chi connectivity index (χ1) is 16.9. The van der Waals surface area contributed by atoms with E-state index in [1.54, 1.807) is 47.2 Å². The van der Waals surface area contributed by atoms with Gasteiger partial charge in [0.1, 0.15) is 17.7 Å². The molecule has 3 aromatic carbocycles. The van der Waals surface area contributed by atoms with Crippen LogP contribution in [0.25, 0.3) is 11.8 Å². The lowest BCUT2D eigenvalue weighted by atomic mass is 10.0. The summed E-state index contributed by atoms with van der Waals surface area (Å²) in [5.41, 5.74) is 3.11. The lowest BCUT2D eigenvalue weighted by Crippen LogP contribution is -2.20. The van der Waals surface area contributed by atoms with Crippen molar-refractivity contribution in [1.82, 2.24) is 14.8 Å². The van der Waals surface area contributed by atoms with Crippen molar-refractivity contribution >= 4 is 41.2 Å². The average Bonchev–Trinajstić information content (AvgIpc) is 3.26. The molecule has 0 aliphatic carbocycles. The van der Waals surface area contributed by atoms with Crippen LogP contribution in [0.2, 0.25) is 5.02 Å². The number of hydrogen-bond donors (Lipinski definition) is 2. The summed E-state index contributed by atoms with van der Waals surface area (Å²) < 4.78 is 28.2. The molecule has 0 saturated heterocycles. The molecule has 6 nitrogen and oxygen atoms in total. The fourth-order valence-electron chi connectivity index (χ4n) is 3.64. The average molecular weight is 490 g/mol. The molecule has 0 fully saturated rings. The monoisotopic (exact) mass is 489 g/mol. The van der Waals surface area contributed by atoms with Gasteiger partial charge in [-0.15, -0.1) is 5.10 Å². The van der Waals surface area contributed by atoms with E-state index >= 15 is 0 Å². The molecule has 174 valence electrons. The van der Waals surface area contributed by atoms with Crippen LogP contribution in [0.15, 0.2) is 84.9 Å². The van der Waals surface area contributed by atoms with E-state index in [2.05, 4.69) is 20.7 Å². The second-order valence-electron chi connectivity index (χ2n) is 7.79. The molecule has 0 saturated carbocycles. The van der Waals surface area contributed by atoms with Gasteiger partial charge in [0.15, 0.2) is 0 Å². The maximum Gasteiger partial charge on any atom is 0.250 e. The Morgan fingerprint density at radius 1 is 0.971 bits per heavy atom. The maximum atomic E-state index is 13.5. The zero-order valence-corrected chi connectivity index (χ0v) is 18.9. The molecule has 5 rings (SSSR count). The highest BCUT2D eigenvalue weighted by Crippen LogP contribution is 2.33. The third-order valence-corrected chi connectivity index (χ3v) is 5.62. The Labute approximate surface area is 204 Å². The first-order valence-corrected chi connectivity index (χ1v) is 11.0. The van der Waals surface area contributed by atoms with Crippen LogP contribution >= 0.6 is 11.6 Å². The number of amides is 1. The summed E-state index contributed by atoms with van der Waals surface area (Å²) in [6.45, 7) is 0. The van der Waals surface area contributed by atoms with Gasteiger partial charge in [0.05, 0.1) is 0 Å². The van der Waals surface area contributed by atoms with E-state index < -0.39 is 11.9 Å². The number of halogens is 3. The summed E-state index contributed by atoms with van der Waals surface area (Å²) in [5, 5.41) is 10.9. The number of rotatable bonds is 5. The molecule has 1 atom stereocenters. The quantitative estimate of drug-likeness (QED) is 0.341. The molecule has 4 aromatic rings. The molecule has 1 aliphatic heterocycles. The van der Waals surface area contributed by atoms with E-state index in [1.807, 2.05) is 18.2 Å². The molecular weight excluding hydrogens is 472 g/mol. The highest BCUT2D eigenvalue weighted by Gasteiger charge is 2.25. The number of allylic oxidation sites excluding steroid dienone is 1. The normalized spacial score (nSPS) is 14.8. The minimum absolute atomic E-state index is 0.0964. The summed E-state index contributed by atoms with van der Waals surface area (Å²) in [6.07, 6.45) is 4.82. The molecule has 0 radical (unpaired) electrons. The van der Waals surface area contributed by atoms with Crippen molar-refractivity contribution in [3.05, 3.63) is 118 Å². The topological polar surface area (TPSA) is 71.8 Å². The molecule has 0 spiro atoms. The number of hydrogen-bond acceptors (Lipinski definition) is 4. The molecule has 2 heterocycles. The third-order valence-electron chi connectivity index (χ3n) is 5.36. The third kappa shape index (κ3) is 5.12. The Kier molecular flexibility index (Phi) is 6.12. The first-order valence-electron chi connectivity index (χ1n) is 10.7. The van der Waals surface area contributed by atoms with Crippen molar-refractivity contribution in [2.45, 2.75) is 6.04 Å². The van der Waals surface area contributed by atoms with Crippen molar-refractivity contribution < 1.29 is 13.6 Å². The Bertz CT molecular complexity index is 1430. The van der Waals surface area contributed by atoms with Gasteiger partial charge in [-0.1, -0.05) is 48.0 Å². The number of nitrogens with one attached hydrogen (secondary N) is 2. The van der Waals surface area contributed by atoms with Crippen LogP contribution < -0.4 is 10.6 Å². The van der Waals surface area contributed by atoms with Gasteiger partial charge in [-0.3, -0.25) is 10.1 Å². The van der Waals surface area contributed by atoms with Gasteiger partial charge < -0.3 is 5.32 Å². The molecule has 9 heteroatoms. The lowest BCUT2D eigenvalue weighted by molar-refractivity contribution is -0.111.